The van der Waals surface area contributed by atoms with Crippen molar-refractivity contribution in [1.29, 1.82) is 0 Å². The molecule has 0 unspecified atom stereocenters. The van der Waals surface area contributed by atoms with Gasteiger partial charge in [-0.2, -0.15) is 0 Å². The lowest BCUT2D eigenvalue weighted by Gasteiger charge is -2.40. The summed E-state index contributed by atoms with van der Waals surface area (Å²) in [5, 5.41) is 4.09. The van der Waals surface area contributed by atoms with Gasteiger partial charge in [-0.1, -0.05) is 29.8 Å². The maximum Gasteiger partial charge on any atom is 0.252 e. The molecule has 5 heteroatoms. The fourth-order valence-electron chi connectivity index (χ4n) is 2.69. The zero-order valence-corrected chi connectivity index (χ0v) is 12.6. The van der Waals surface area contributed by atoms with Crippen LogP contribution in [0.15, 0.2) is 30.3 Å². The average molecular weight is 305 g/mol. The van der Waals surface area contributed by atoms with E-state index in [1.54, 1.807) is 13.2 Å². The van der Waals surface area contributed by atoms with E-state index < -0.39 is 0 Å². The summed E-state index contributed by atoms with van der Waals surface area (Å²) in [4.78, 5) is 16.7. The van der Waals surface area contributed by atoms with Crippen LogP contribution in [-0.4, -0.2) is 30.1 Å². The third-order valence-corrected chi connectivity index (χ3v) is 4.39. The summed E-state index contributed by atoms with van der Waals surface area (Å²) in [7, 11) is 1.70. The van der Waals surface area contributed by atoms with Crippen molar-refractivity contribution < 1.29 is 9.53 Å². The Hall–Kier alpha value is -1.65. The Morgan fingerprint density at radius 1 is 1.43 bits per heavy atom. The van der Waals surface area contributed by atoms with Crippen molar-refractivity contribution in [3.05, 3.63) is 41.0 Å². The van der Waals surface area contributed by atoms with Crippen molar-refractivity contribution in [3.8, 4) is 0 Å². The summed E-state index contributed by atoms with van der Waals surface area (Å²) < 4.78 is 5.52. The predicted molar refractivity (Wildman–Crippen MR) is 82.7 cm³/mol. The number of ether oxygens (including phenoxy) is 1. The smallest absolute Gasteiger partial charge is 0.252 e. The number of pyridine rings is 1. The molecule has 0 bridgehead atoms. The second-order valence-corrected chi connectivity index (χ2v) is 5.82. The third kappa shape index (κ3) is 2.74. The minimum atomic E-state index is -0.192. The lowest BCUT2D eigenvalue weighted by atomic mass is 9.80. The van der Waals surface area contributed by atoms with Crippen molar-refractivity contribution in [2.24, 2.45) is 0 Å². The molecule has 1 aliphatic carbocycles. The molecule has 0 radical (unpaired) electrons. The van der Waals surface area contributed by atoms with Gasteiger partial charge in [-0.15, -0.1) is 0 Å². The van der Waals surface area contributed by atoms with Gasteiger partial charge in [-0.25, -0.2) is 4.98 Å². The fourth-order valence-corrected chi connectivity index (χ4v) is 2.89. The summed E-state index contributed by atoms with van der Waals surface area (Å²) >= 11 is 6.01. The van der Waals surface area contributed by atoms with Crippen LogP contribution in [0.2, 0.25) is 5.15 Å². The van der Waals surface area contributed by atoms with E-state index in [2.05, 4.69) is 10.3 Å². The van der Waals surface area contributed by atoms with Gasteiger partial charge in [0, 0.05) is 19.0 Å². The number of aromatic nitrogens is 1. The van der Waals surface area contributed by atoms with Crippen molar-refractivity contribution in [3.63, 3.8) is 0 Å². The molecular weight excluding hydrogens is 288 g/mol. The number of methoxy groups -OCH3 is 1. The normalized spacial score (nSPS) is 16.5. The summed E-state index contributed by atoms with van der Waals surface area (Å²) in [6, 6.07) is 9.10. The molecule has 21 heavy (non-hydrogen) atoms. The van der Waals surface area contributed by atoms with Gasteiger partial charge in [0.1, 0.15) is 5.15 Å². The van der Waals surface area contributed by atoms with Crippen LogP contribution in [0.4, 0.5) is 0 Å². The quantitative estimate of drug-likeness (QED) is 0.883. The van der Waals surface area contributed by atoms with E-state index in [1.807, 2.05) is 24.3 Å². The fraction of sp³-hybridized carbons (Fsp3) is 0.375. The number of para-hydroxylation sites is 1. The number of fused-ring (bicyclic) bond motifs is 1. The zero-order valence-electron chi connectivity index (χ0n) is 11.9. The zero-order chi connectivity index (χ0) is 14.9. The number of benzene rings is 1. The van der Waals surface area contributed by atoms with Gasteiger partial charge in [0.05, 0.1) is 16.7 Å². The first-order valence-electron chi connectivity index (χ1n) is 7.02. The molecule has 0 saturated heterocycles. The average Bonchev–Trinajstić information content (AvgIpc) is 2.45. The molecule has 1 aromatic heterocycles. The molecule has 1 amide bonds. The Balaban J connectivity index is 1.84. The Morgan fingerprint density at radius 3 is 2.86 bits per heavy atom. The number of hydrogen-bond acceptors (Lipinski definition) is 3. The molecule has 1 N–H and O–H groups in total. The van der Waals surface area contributed by atoms with Crippen molar-refractivity contribution >= 4 is 28.4 Å². The van der Waals surface area contributed by atoms with Crippen LogP contribution in [0.3, 0.4) is 0 Å². The Morgan fingerprint density at radius 2 is 2.19 bits per heavy atom. The monoisotopic (exact) mass is 304 g/mol. The van der Waals surface area contributed by atoms with E-state index in [0.29, 0.717) is 17.3 Å². The van der Waals surface area contributed by atoms with Crippen LogP contribution >= 0.6 is 11.6 Å². The molecule has 2 aromatic rings. The summed E-state index contributed by atoms with van der Waals surface area (Å²) in [5.41, 5.74) is 1.08. The molecule has 4 nitrogen and oxygen atoms in total. The highest BCUT2D eigenvalue weighted by atomic mass is 35.5. The second-order valence-electron chi connectivity index (χ2n) is 5.43. The van der Waals surface area contributed by atoms with E-state index in [-0.39, 0.29) is 11.5 Å². The number of nitrogens with zero attached hydrogens (tertiary/aromatic N) is 1. The second kappa shape index (κ2) is 5.62. The first kappa shape index (κ1) is 14.3. The first-order chi connectivity index (χ1) is 10.1. The molecule has 0 spiro atoms. The molecule has 1 aliphatic rings. The Bertz CT molecular complexity index is 678. The van der Waals surface area contributed by atoms with Crippen LogP contribution in [0, 0.1) is 0 Å². The van der Waals surface area contributed by atoms with E-state index in [0.717, 1.165) is 30.2 Å². The predicted octanol–water partition coefficient (Wildman–Crippen LogP) is 3.19. The van der Waals surface area contributed by atoms with Gasteiger partial charge in [0.15, 0.2) is 0 Å². The molecule has 0 aliphatic heterocycles. The molecule has 0 atom stereocenters. The summed E-state index contributed by atoms with van der Waals surface area (Å²) in [6.07, 6.45) is 3.12. The number of halogens is 1. The van der Waals surface area contributed by atoms with E-state index in [9.17, 15) is 4.79 Å². The van der Waals surface area contributed by atoms with Crippen LogP contribution in [0.1, 0.15) is 29.6 Å². The van der Waals surface area contributed by atoms with E-state index in [4.69, 9.17) is 16.3 Å². The molecular formula is C16H17ClN2O2. The van der Waals surface area contributed by atoms with Crippen molar-refractivity contribution in [2.75, 3.05) is 13.7 Å². The lowest BCUT2D eigenvalue weighted by molar-refractivity contribution is -0.0679. The maximum absolute atomic E-state index is 12.5. The highest BCUT2D eigenvalue weighted by molar-refractivity contribution is 6.30. The standard InChI is InChI=1S/C16H17ClN2O2/c1-21-16(7-4-8-16)10-18-15(20)12-9-14(17)19-13-6-3-2-5-11(12)13/h2-3,5-6,9H,4,7-8,10H2,1H3,(H,18,20). The molecule has 1 saturated carbocycles. The maximum atomic E-state index is 12.5. The van der Waals surface area contributed by atoms with Crippen LogP contribution in [-0.2, 0) is 4.74 Å². The minimum absolute atomic E-state index is 0.140. The first-order valence-corrected chi connectivity index (χ1v) is 7.40. The van der Waals surface area contributed by atoms with Gasteiger partial charge in [-0.05, 0) is 31.4 Å². The number of hydrogen-bond donors (Lipinski definition) is 1. The van der Waals surface area contributed by atoms with E-state index >= 15 is 0 Å². The highest BCUT2D eigenvalue weighted by Gasteiger charge is 2.37. The molecule has 110 valence electrons. The van der Waals surface area contributed by atoms with Gasteiger partial charge < -0.3 is 10.1 Å². The molecule has 1 aromatic carbocycles. The molecule has 3 rings (SSSR count). The number of rotatable bonds is 4. The van der Waals surface area contributed by atoms with Crippen molar-refractivity contribution in [2.45, 2.75) is 24.9 Å². The number of amides is 1. The van der Waals surface area contributed by atoms with Gasteiger partial charge in [0.2, 0.25) is 0 Å². The molecule has 1 heterocycles. The van der Waals surface area contributed by atoms with Gasteiger partial charge in [0.25, 0.3) is 5.91 Å². The topological polar surface area (TPSA) is 51.2 Å². The lowest BCUT2D eigenvalue weighted by Crippen LogP contribution is -2.49. The Labute approximate surface area is 128 Å². The van der Waals surface area contributed by atoms with Crippen LogP contribution < -0.4 is 5.32 Å². The summed E-state index contributed by atoms with van der Waals surface area (Å²) in [6.45, 7) is 0.524. The van der Waals surface area contributed by atoms with Crippen LogP contribution in [0.5, 0.6) is 0 Å². The minimum Gasteiger partial charge on any atom is -0.376 e. The Kier molecular flexibility index (Phi) is 3.83. The SMILES string of the molecule is COC1(CNC(=O)c2cc(Cl)nc3ccccc23)CCC1. The van der Waals surface area contributed by atoms with Gasteiger partial charge in [-0.3, -0.25) is 4.79 Å². The highest BCUT2D eigenvalue weighted by Crippen LogP contribution is 2.34. The number of nitrogens with one attached hydrogen (secondary N) is 1. The largest absolute Gasteiger partial charge is 0.376 e. The van der Waals surface area contributed by atoms with Gasteiger partial charge >= 0.3 is 0 Å². The number of carbonyl (C=O) groups is 1. The number of carbonyl (C=O) groups excluding carboxylic acids is 1. The molecule has 1 fully saturated rings. The van der Waals surface area contributed by atoms with Crippen molar-refractivity contribution in [1.82, 2.24) is 10.3 Å². The third-order valence-electron chi connectivity index (χ3n) is 4.20. The van der Waals surface area contributed by atoms with Crippen LogP contribution in [0.25, 0.3) is 10.9 Å². The van der Waals surface area contributed by atoms with E-state index in [1.165, 1.54) is 0 Å². The summed E-state index contributed by atoms with van der Waals surface area (Å²) in [5.74, 6) is -0.140.